The van der Waals surface area contributed by atoms with Gasteiger partial charge in [0.15, 0.2) is 0 Å². The molecule has 2 fully saturated rings. The topological polar surface area (TPSA) is 0 Å². The third-order valence-corrected chi connectivity index (χ3v) is 5.84. The largest absolute Gasteiger partial charge is 0.0599 e. The lowest BCUT2D eigenvalue weighted by molar-refractivity contribution is 0.0358. The molecule has 0 amide bonds. The summed E-state index contributed by atoms with van der Waals surface area (Å²) in [6.45, 7) is 14.9. The summed E-state index contributed by atoms with van der Waals surface area (Å²) < 4.78 is 0. The zero-order valence-corrected chi connectivity index (χ0v) is 10.8. The van der Waals surface area contributed by atoms with Crippen LogP contribution in [0.2, 0.25) is 0 Å². The molecular formula is C14H26. The Hall–Kier alpha value is 0. The molecular weight excluding hydrogens is 168 g/mol. The fourth-order valence-corrected chi connectivity index (χ4v) is 4.51. The highest BCUT2D eigenvalue weighted by Gasteiger charge is 2.63. The summed E-state index contributed by atoms with van der Waals surface area (Å²) in [6.07, 6.45) is 4.43. The second kappa shape index (κ2) is 2.57. The average Bonchev–Trinajstić information content (AvgIpc) is 2.32. The van der Waals surface area contributed by atoms with E-state index in [0.29, 0.717) is 16.2 Å². The Labute approximate surface area is 89.5 Å². The molecule has 0 radical (unpaired) electrons. The van der Waals surface area contributed by atoms with Crippen molar-refractivity contribution in [2.75, 3.05) is 0 Å². The quantitative estimate of drug-likeness (QED) is 0.533. The molecule has 0 aromatic heterocycles. The van der Waals surface area contributed by atoms with Crippen LogP contribution in [0.25, 0.3) is 0 Å². The van der Waals surface area contributed by atoms with Gasteiger partial charge in [-0.1, -0.05) is 41.5 Å². The van der Waals surface area contributed by atoms with Gasteiger partial charge in [-0.2, -0.15) is 0 Å². The fraction of sp³-hybridized carbons (Fsp3) is 1.00. The van der Waals surface area contributed by atoms with Gasteiger partial charge < -0.3 is 0 Å². The molecule has 2 saturated carbocycles. The highest BCUT2D eigenvalue weighted by Crippen LogP contribution is 2.71. The van der Waals surface area contributed by atoms with Crippen molar-refractivity contribution in [3.63, 3.8) is 0 Å². The Morgan fingerprint density at radius 2 is 1.64 bits per heavy atom. The van der Waals surface area contributed by atoms with Crippen LogP contribution in [0.1, 0.15) is 60.8 Å². The van der Waals surface area contributed by atoms with E-state index in [1.807, 2.05) is 0 Å². The van der Waals surface area contributed by atoms with Crippen LogP contribution in [0, 0.1) is 28.1 Å². The third kappa shape index (κ3) is 1.06. The first-order valence-electron chi connectivity index (χ1n) is 6.19. The van der Waals surface area contributed by atoms with E-state index in [2.05, 4.69) is 41.5 Å². The molecule has 2 aliphatic rings. The number of fused-ring (bicyclic) bond motifs is 2. The lowest BCUT2D eigenvalue weighted by Crippen LogP contribution is -2.38. The number of rotatable bonds is 0. The van der Waals surface area contributed by atoms with Crippen LogP contribution in [-0.2, 0) is 0 Å². The molecule has 0 aromatic rings. The molecule has 0 aromatic carbocycles. The van der Waals surface area contributed by atoms with E-state index in [1.165, 1.54) is 19.3 Å². The first-order valence-corrected chi connectivity index (χ1v) is 6.19. The van der Waals surface area contributed by atoms with Gasteiger partial charge in [0, 0.05) is 0 Å². The lowest BCUT2D eigenvalue weighted by Gasteiger charge is -2.45. The van der Waals surface area contributed by atoms with Gasteiger partial charge in [0.05, 0.1) is 0 Å². The van der Waals surface area contributed by atoms with Crippen molar-refractivity contribution in [1.29, 1.82) is 0 Å². The van der Waals surface area contributed by atoms with Gasteiger partial charge >= 0.3 is 0 Å². The molecule has 0 nitrogen and oxygen atoms in total. The van der Waals surface area contributed by atoms with E-state index in [9.17, 15) is 0 Å². The second-order valence-corrected chi connectivity index (χ2v) is 7.53. The standard InChI is InChI=1S/C14H26/c1-12(2,3)11-9-10-7-8-14(11,6)13(10,4)5/h10-11H,7-9H2,1-6H3/t10-,11?,14+/m0/s1. The molecule has 0 spiro atoms. The monoisotopic (exact) mass is 194 g/mol. The third-order valence-electron chi connectivity index (χ3n) is 5.84. The molecule has 14 heavy (non-hydrogen) atoms. The summed E-state index contributed by atoms with van der Waals surface area (Å²) in [4.78, 5) is 0. The summed E-state index contributed by atoms with van der Waals surface area (Å²) in [5.74, 6) is 1.93. The average molecular weight is 194 g/mol. The highest BCUT2D eigenvalue weighted by atomic mass is 14.7. The molecule has 2 bridgehead atoms. The Balaban J connectivity index is 2.37. The first kappa shape index (κ1) is 10.5. The van der Waals surface area contributed by atoms with Crippen molar-refractivity contribution < 1.29 is 0 Å². The Bertz CT molecular complexity index is 243. The normalized spacial score (nSPS) is 45.9. The Morgan fingerprint density at radius 3 is 1.86 bits per heavy atom. The molecule has 0 aliphatic heterocycles. The molecule has 0 heteroatoms. The molecule has 1 unspecified atom stereocenters. The minimum Gasteiger partial charge on any atom is -0.0599 e. The van der Waals surface area contributed by atoms with Crippen LogP contribution in [0.5, 0.6) is 0 Å². The summed E-state index contributed by atoms with van der Waals surface area (Å²) >= 11 is 0. The summed E-state index contributed by atoms with van der Waals surface area (Å²) in [7, 11) is 0. The Morgan fingerprint density at radius 1 is 1.07 bits per heavy atom. The number of hydrogen-bond donors (Lipinski definition) is 0. The fourth-order valence-electron chi connectivity index (χ4n) is 4.51. The van der Waals surface area contributed by atoms with Crippen LogP contribution in [0.4, 0.5) is 0 Å². The van der Waals surface area contributed by atoms with Gasteiger partial charge in [0.2, 0.25) is 0 Å². The zero-order chi connectivity index (χ0) is 10.8. The van der Waals surface area contributed by atoms with Crippen molar-refractivity contribution >= 4 is 0 Å². The molecule has 0 saturated heterocycles. The molecule has 82 valence electrons. The molecule has 0 N–H and O–H groups in total. The Kier molecular flexibility index (Phi) is 1.93. The minimum absolute atomic E-state index is 0.501. The van der Waals surface area contributed by atoms with Crippen LogP contribution < -0.4 is 0 Å². The summed E-state index contributed by atoms with van der Waals surface area (Å²) in [5, 5.41) is 0. The van der Waals surface area contributed by atoms with Gasteiger partial charge in [-0.3, -0.25) is 0 Å². The van der Waals surface area contributed by atoms with Gasteiger partial charge in [0.25, 0.3) is 0 Å². The molecule has 3 atom stereocenters. The van der Waals surface area contributed by atoms with Gasteiger partial charge in [0.1, 0.15) is 0 Å². The van der Waals surface area contributed by atoms with Crippen LogP contribution in [0.3, 0.4) is 0 Å². The van der Waals surface area contributed by atoms with Crippen LogP contribution in [-0.4, -0.2) is 0 Å². The van der Waals surface area contributed by atoms with E-state index in [1.54, 1.807) is 0 Å². The predicted molar refractivity (Wildman–Crippen MR) is 62.2 cm³/mol. The van der Waals surface area contributed by atoms with Gasteiger partial charge in [-0.25, -0.2) is 0 Å². The van der Waals surface area contributed by atoms with Crippen molar-refractivity contribution in [3.05, 3.63) is 0 Å². The zero-order valence-electron chi connectivity index (χ0n) is 10.8. The highest BCUT2D eigenvalue weighted by molar-refractivity contribution is 5.12. The van der Waals surface area contributed by atoms with E-state index in [0.717, 1.165) is 11.8 Å². The molecule has 2 rings (SSSR count). The number of hydrogen-bond acceptors (Lipinski definition) is 0. The van der Waals surface area contributed by atoms with Crippen LogP contribution in [0.15, 0.2) is 0 Å². The predicted octanol–water partition coefficient (Wildman–Crippen LogP) is 4.49. The van der Waals surface area contributed by atoms with Crippen molar-refractivity contribution in [3.8, 4) is 0 Å². The SMILES string of the molecule is CC(C)(C)C1C[C@@H]2CC[C@@]1(C)C2(C)C. The van der Waals surface area contributed by atoms with Crippen LogP contribution >= 0.6 is 0 Å². The van der Waals surface area contributed by atoms with Crippen molar-refractivity contribution in [1.82, 2.24) is 0 Å². The second-order valence-electron chi connectivity index (χ2n) is 7.53. The van der Waals surface area contributed by atoms with Crippen molar-refractivity contribution in [2.45, 2.75) is 60.8 Å². The minimum atomic E-state index is 0.501. The molecule has 2 aliphatic carbocycles. The van der Waals surface area contributed by atoms with E-state index in [-0.39, 0.29) is 0 Å². The van der Waals surface area contributed by atoms with Gasteiger partial charge in [-0.05, 0) is 47.3 Å². The first-order chi connectivity index (χ1) is 6.19. The maximum Gasteiger partial charge on any atom is -0.0238 e. The van der Waals surface area contributed by atoms with E-state index in [4.69, 9.17) is 0 Å². The van der Waals surface area contributed by atoms with Gasteiger partial charge in [-0.15, -0.1) is 0 Å². The maximum atomic E-state index is 2.55. The lowest BCUT2D eigenvalue weighted by atomic mass is 9.60. The summed E-state index contributed by atoms with van der Waals surface area (Å²) in [6, 6.07) is 0. The smallest absolute Gasteiger partial charge is 0.0238 e. The molecule has 0 heterocycles. The summed E-state index contributed by atoms with van der Waals surface area (Å²) in [5.41, 5.74) is 1.70. The maximum absolute atomic E-state index is 2.55. The van der Waals surface area contributed by atoms with Crippen molar-refractivity contribution in [2.24, 2.45) is 28.1 Å². The van der Waals surface area contributed by atoms with E-state index < -0.39 is 0 Å². The van der Waals surface area contributed by atoms with E-state index >= 15 is 0 Å².